The molecule has 0 bridgehead atoms. The molecule has 0 radical (unpaired) electrons. The molecule has 5 nitrogen and oxygen atoms in total. The van der Waals surface area contributed by atoms with E-state index < -0.39 is 17.0 Å². The summed E-state index contributed by atoms with van der Waals surface area (Å²) in [7, 11) is 0. The number of nitrogens with zero attached hydrogens (tertiary/aromatic N) is 1. The van der Waals surface area contributed by atoms with Gasteiger partial charge in [0.05, 0.1) is 17.3 Å². The van der Waals surface area contributed by atoms with Crippen molar-refractivity contribution in [3.8, 4) is 11.5 Å². The van der Waals surface area contributed by atoms with Crippen molar-refractivity contribution in [2.75, 3.05) is 13.1 Å². The molecule has 1 aromatic carbocycles. The second kappa shape index (κ2) is 7.05. The van der Waals surface area contributed by atoms with E-state index in [0.29, 0.717) is 17.9 Å². The van der Waals surface area contributed by atoms with E-state index in [9.17, 15) is 13.6 Å². The quantitative estimate of drug-likeness (QED) is 0.834. The van der Waals surface area contributed by atoms with Crippen molar-refractivity contribution < 1.29 is 18.3 Å². The number of hydrogen-bond acceptors (Lipinski definition) is 4. The molecule has 1 amide bonds. The highest BCUT2D eigenvalue weighted by molar-refractivity contribution is 5.91. The van der Waals surface area contributed by atoms with Crippen LogP contribution in [0, 0.1) is 17.0 Å². The Morgan fingerprint density at radius 3 is 2.52 bits per heavy atom. The van der Waals surface area contributed by atoms with Crippen LogP contribution in [0.1, 0.15) is 25.0 Å². The van der Waals surface area contributed by atoms with Crippen molar-refractivity contribution >= 4 is 18.3 Å². The molecule has 1 unspecified atom stereocenters. The second-order valence-corrected chi connectivity index (χ2v) is 7.03. The number of halogens is 3. The normalized spacial score (nSPS) is 22.7. The highest BCUT2D eigenvalue weighted by atomic mass is 35.5. The number of benzene rings is 1. The van der Waals surface area contributed by atoms with Gasteiger partial charge < -0.3 is 15.8 Å². The Morgan fingerprint density at radius 2 is 1.93 bits per heavy atom. The zero-order chi connectivity index (χ0) is 18.4. The molecule has 8 heteroatoms. The lowest BCUT2D eigenvalue weighted by Gasteiger charge is -2.27. The molecule has 2 heterocycles. The van der Waals surface area contributed by atoms with E-state index in [2.05, 4.69) is 10.3 Å². The van der Waals surface area contributed by atoms with Crippen LogP contribution in [0.2, 0.25) is 0 Å². The van der Waals surface area contributed by atoms with Gasteiger partial charge in [0.15, 0.2) is 11.6 Å². The van der Waals surface area contributed by atoms with E-state index in [1.165, 1.54) is 12.3 Å². The number of ether oxygens (including phenoxy) is 1. The van der Waals surface area contributed by atoms with Crippen LogP contribution in [0.15, 0.2) is 36.5 Å². The molecule has 2 aromatic rings. The standard InChI is InChI=1S/C19H19F2N3O2.ClH/c20-12-1-3-15(14(21)9-12)26-13-2-4-16(24-10-13)19(17(22)25)11-18(19)5-7-23-8-6-18;/h1-4,9-10,23H,5-8,11H2,(H2,22,25);1H. The Morgan fingerprint density at radius 1 is 1.19 bits per heavy atom. The predicted octanol–water partition coefficient (Wildman–Crippen LogP) is 3.07. The van der Waals surface area contributed by atoms with Gasteiger partial charge in [-0.15, -0.1) is 12.4 Å². The van der Waals surface area contributed by atoms with Gasteiger partial charge in [0.2, 0.25) is 5.91 Å². The first-order valence-corrected chi connectivity index (χ1v) is 8.57. The van der Waals surface area contributed by atoms with Crippen molar-refractivity contribution in [3.63, 3.8) is 0 Å². The average molecular weight is 396 g/mol. The maximum Gasteiger partial charge on any atom is 0.230 e. The van der Waals surface area contributed by atoms with Crippen molar-refractivity contribution in [1.82, 2.24) is 10.3 Å². The summed E-state index contributed by atoms with van der Waals surface area (Å²) in [6.07, 6.45) is 3.92. The summed E-state index contributed by atoms with van der Waals surface area (Å²) < 4.78 is 32.1. The highest BCUT2D eigenvalue weighted by Crippen LogP contribution is 2.68. The minimum absolute atomic E-state index is 0. The van der Waals surface area contributed by atoms with Crippen molar-refractivity contribution in [2.45, 2.75) is 24.7 Å². The summed E-state index contributed by atoms with van der Waals surface area (Å²) in [5.41, 5.74) is 5.51. The summed E-state index contributed by atoms with van der Waals surface area (Å²) in [4.78, 5) is 16.6. The molecular formula is C19H20ClF2N3O2. The van der Waals surface area contributed by atoms with Crippen LogP contribution in [0.3, 0.4) is 0 Å². The van der Waals surface area contributed by atoms with Crippen molar-refractivity contribution in [2.24, 2.45) is 11.1 Å². The van der Waals surface area contributed by atoms with Crippen LogP contribution in [0.25, 0.3) is 0 Å². The van der Waals surface area contributed by atoms with E-state index in [0.717, 1.165) is 38.1 Å². The Bertz CT molecular complexity index is 857. The molecule has 4 rings (SSSR count). The molecule has 1 saturated heterocycles. The lowest BCUT2D eigenvalue weighted by atomic mass is 9.82. The van der Waals surface area contributed by atoms with E-state index >= 15 is 0 Å². The van der Waals surface area contributed by atoms with E-state index in [-0.39, 0.29) is 29.5 Å². The maximum atomic E-state index is 13.7. The number of aromatic nitrogens is 1. The molecule has 27 heavy (non-hydrogen) atoms. The smallest absolute Gasteiger partial charge is 0.230 e. The number of nitrogens with one attached hydrogen (secondary N) is 1. The topological polar surface area (TPSA) is 77.2 Å². The number of carbonyl (C=O) groups is 1. The first-order valence-electron chi connectivity index (χ1n) is 8.57. The summed E-state index contributed by atoms with van der Waals surface area (Å²) in [5.74, 6) is -1.61. The fourth-order valence-electron chi connectivity index (χ4n) is 4.19. The van der Waals surface area contributed by atoms with Crippen molar-refractivity contribution in [1.29, 1.82) is 0 Å². The van der Waals surface area contributed by atoms with Crippen molar-refractivity contribution in [3.05, 3.63) is 53.9 Å². The van der Waals surface area contributed by atoms with Gasteiger partial charge in [0.25, 0.3) is 0 Å². The molecule has 2 fully saturated rings. The van der Waals surface area contributed by atoms with Crippen LogP contribution in [0.4, 0.5) is 8.78 Å². The number of carbonyl (C=O) groups excluding carboxylic acids is 1. The third-order valence-corrected chi connectivity index (χ3v) is 5.66. The van der Waals surface area contributed by atoms with E-state index in [1.54, 1.807) is 12.1 Å². The van der Waals surface area contributed by atoms with Gasteiger partial charge in [-0.3, -0.25) is 9.78 Å². The number of pyridine rings is 1. The highest BCUT2D eigenvalue weighted by Gasteiger charge is 2.72. The van der Waals surface area contributed by atoms with Crippen LogP contribution < -0.4 is 15.8 Å². The molecule has 1 atom stereocenters. The minimum Gasteiger partial charge on any atom is -0.453 e. The van der Waals surface area contributed by atoms with Gasteiger partial charge in [-0.05, 0) is 62.0 Å². The van der Waals surface area contributed by atoms with Gasteiger partial charge in [-0.25, -0.2) is 8.78 Å². The maximum absolute atomic E-state index is 13.7. The van der Waals surface area contributed by atoms with E-state index in [1.807, 2.05) is 0 Å². The van der Waals surface area contributed by atoms with Crippen LogP contribution in [0.5, 0.6) is 11.5 Å². The summed E-state index contributed by atoms with van der Waals surface area (Å²) >= 11 is 0. The van der Waals surface area contributed by atoms with Crippen LogP contribution in [-0.4, -0.2) is 24.0 Å². The first-order chi connectivity index (χ1) is 12.5. The first kappa shape index (κ1) is 19.5. The fraction of sp³-hybridized carbons (Fsp3) is 0.368. The lowest BCUT2D eigenvalue weighted by molar-refractivity contribution is -0.121. The number of nitrogens with two attached hydrogens (primary N) is 1. The van der Waals surface area contributed by atoms with Gasteiger partial charge in [0, 0.05) is 6.07 Å². The zero-order valence-corrected chi connectivity index (χ0v) is 15.3. The van der Waals surface area contributed by atoms with Crippen LogP contribution >= 0.6 is 12.4 Å². The number of piperidine rings is 1. The van der Waals surface area contributed by atoms with Gasteiger partial charge in [-0.2, -0.15) is 0 Å². The van der Waals surface area contributed by atoms with Gasteiger partial charge in [0.1, 0.15) is 11.6 Å². The Kier molecular flexibility index (Phi) is 5.10. The predicted molar refractivity (Wildman–Crippen MR) is 97.9 cm³/mol. The molecular weight excluding hydrogens is 376 g/mol. The molecule has 1 spiro atoms. The van der Waals surface area contributed by atoms with Gasteiger partial charge >= 0.3 is 0 Å². The minimum atomic E-state index is -0.793. The van der Waals surface area contributed by atoms with E-state index in [4.69, 9.17) is 10.5 Å². The fourth-order valence-corrected chi connectivity index (χ4v) is 4.19. The molecule has 2 aliphatic rings. The third kappa shape index (κ3) is 3.15. The lowest BCUT2D eigenvalue weighted by Crippen LogP contribution is -2.40. The molecule has 1 aliphatic carbocycles. The summed E-state index contributed by atoms with van der Waals surface area (Å²) in [6.45, 7) is 1.72. The molecule has 1 aliphatic heterocycles. The Labute approximate surface area is 161 Å². The Balaban J connectivity index is 0.00000210. The number of hydrogen-bond donors (Lipinski definition) is 2. The summed E-state index contributed by atoms with van der Waals surface area (Å²) in [5, 5.41) is 3.30. The monoisotopic (exact) mass is 395 g/mol. The number of primary amides is 1. The van der Waals surface area contributed by atoms with Crippen LogP contribution in [-0.2, 0) is 10.2 Å². The van der Waals surface area contributed by atoms with Gasteiger partial charge in [-0.1, -0.05) is 0 Å². The number of rotatable bonds is 4. The number of amides is 1. The largest absolute Gasteiger partial charge is 0.453 e. The SMILES string of the molecule is Cl.NC(=O)C1(c2ccc(Oc3ccc(F)cc3F)cn2)CC12CCNCC2. The molecule has 1 saturated carbocycles. The summed E-state index contributed by atoms with van der Waals surface area (Å²) in [6, 6.07) is 6.42. The molecule has 3 N–H and O–H groups in total. The Hall–Kier alpha value is -2.25. The third-order valence-electron chi connectivity index (χ3n) is 5.66. The molecule has 144 valence electrons. The molecule has 1 aromatic heterocycles. The second-order valence-electron chi connectivity index (χ2n) is 7.03. The average Bonchev–Trinajstić information content (AvgIpc) is 3.27. The zero-order valence-electron chi connectivity index (χ0n) is 14.5.